The van der Waals surface area contributed by atoms with Crippen LogP contribution < -0.4 is 5.32 Å². The van der Waals surface area contributed by atoms with Crippen molar-refractivity contribution in [3.8, 4) is 0 Å². The minimum Gasteiger partial charge on any atom is -0.478 e. The second-order valence-electron chi connectivity index (χ2n) is 4.51. The first-order chi connectivity index (χ1) is 9.68. The molecule has 1 aromatic rings. The molecule has 0 aliphatic heterocycles. The van der Waals surface area contributed by atoms with Crippen molar-refractivity contribution in [1.82, 2.24) is 5.32 Å². The van der Waals surface area contributed by atoms with Crippen LogP contribution in [0.1, 0.15) is 34.0 Å². The molecule has 0 aromatic heterocycles. The van der Waals surface area contributed by atoms with Crippen molar-refractivity contribution in [2.75, 3.05) is 13.6 Å². The average molecular weight is 307 g/mol. The predicted octanol–water partition coefficient (Wildman–Crippen LogP) is 1.41. The molecule has 0 saturated carbocycles. The second-order valence-corrected chi connectivity index (χ2v) is 4.51. The van der Waals surface area contributed by atoms with Gasteiger partial charge in [-0.2, -0.15) is 13.2 Å². The predicted molar refractivity (Wildman–Crippen MR) is 67.9 cm³/mol. The number of carbonyl (C=O) groups is 1. The van der Waals surface area contributed by atoms with Crippen LogP contribution in [0.2, 0.25) is 0 Å². The van der Waals surface area contributed by atoms with Gasteiger partial charge in [-0.25, -0.2) is 4.79 Å². The second kappa shape index (κ2) is 6.88. The smallest absolute Gasteiger partial charge is 0.417 e. The van der Waals surface area contributed by atoms with Crippen molar-refractivity contribution in [1.29, 1.82) is 0 Å². The lowest BCUT2D eigenvalue weighted by Gasteiger charge is -2.20. The first-order valence-corrected chi connectivity index (χ1v) is 6.13. The zero-order valence-electron chi connectivity index (χ0n) is 11.2. The summed E-state index contributed by atoms with van der Waals surface area (Å²) in [5.41, 5.74) is -2.44. The number of rotatable bonds is 6. The Morgan fingerprint density at radius 1 is 1.33 bits per heavy atom. The van der Waals surface area contributed by atoms with Gasteiger partial charge in [-0.1, -0.05) is 6.07 Å². The molecular formula is C13H16F3NO4. The van der Waals surface area contributed by atoms with Gasteiger partial charge in [0.1, 0.15) is 6.10 Å². The third-order valence-corrected chi connectivity index (χ3v) is 2.98. The highest BCUT2D eigenvalue weighted by Crippen LogP contribution is 2.34. The Bertz CT molecular complexity index is 505. The number of halogens is 3. The van der Waals surface area contributed by atoms with E-state index < -0.39 is 35.5 Å². The number of hydrogen-bond acceptors (Lipinski definition) is 4. The molecule has 0 amide bonds. The Kier molecular flexibility index (Phi) is 5.70. The monoisotopic (exact) mass is 307 g/mol. The van der Waals surface area contributed by atoms with Crippen LogP contribution in [0, 0.1) is 0 Å². The molecule has 0 aliphatic carbocycles. The quantitative estimate of drug-likeness (QED) is 0.638. The SMILES string of the molecule is CNCCC(O)C(O)c1ccc(C(=O)O)c(C(F)(F)F)c1. The molecule has 2 atom stereocenters. The van der Waals surface area contributed by atoms with Gasteiger partial charge in [0.15, 0.2) is 0 Å². The molecule has 8 heteroatoms. The van der Waals surface area contributed by atoms with Crippen LogP contribution in [0.5, 0.6) is 0 Å². The molecule has 118 valence electrons. The maximum atomic E-state index is 12.8. The summed E-state index contributed by atoms with van der Waals surface area (Å²) >= 11 is 0. The summed E-state index contributed by atoms with van der Waals surface area (Å²) in [6.45, 7) is 0.373. The maximum absolute atomic E-state index is 12.8. The number of aliphatic hydroxyl groups is 2. The number of hydrogen-bond donors (Lipinski definition) is 4. The molecule has 5 nitrogen and oxygen atoms in total. The number of alkyl halides is 3. The van der Waals surface area contributed by atoms with Crippen LogP contribution in [0.15, 0.2) is 18.2 Å². The molecule has 2 unspecified atom stereocenters. The fourth-order valence-corrected chi connectivity index (χ4v) is 1.84. The fourth-order valence-electron chi connectivity index (χ4n) is 1.84. The van der Waals surface area contributed by atoms with Crippen molar-refractivity contribution in [3.63, 3.8) is 0 Å². The normalized spacial score (nSPS) is 14.8. The molecule has 0 fully saturated rings. The largest absolute Gasteiger partial charge is 0.478 e. The van der Waals surface area contributed by atoms with Crippen LogP contribution in [0.4, 0.5) is 13.2 Å². The average Bonchev–Trinajstić information content (AvgIpc) is 2.42. The number of carboxylic acids is 1. The minimum absolute atomic E-state index is 0.139. The van der Waals surface area contributed by atoms with Crippen LogP contribution in [-0.4, -0.2) is 41.0 Å². The number of nitrogens with one attached hydrogen (secondary N) is 1. The maximum Gasteiger partial charge on any atom is 0.417 e. The molecule has 21 heavy (non-hydrogen) atoms. The summed E-state index contributed by atoms with van der Waals surface area (Å²) in [6.07, 6.45) is -7.50. The molecular weight excluding hydrogens is 291 g/mol. The Balaban J connectivity index is 3.13. The summed E-state index contributed by atoms with van der Waals surface area (Å²) in [7, 11) is 1.63. The first-order valence-electron chi connectivity index (χ1n) is 6.13. The van der Waals surface area contributed by atoms with Gasteiger partial charge < -0.3 is 20.6 Å². The Morgan fingerprint density at radius 3 is 2.43 bits per heavy atom. The summed E-state index contributed by atoms with van der Waals surface area (Å²) in [6, 6.07) is 2.39. The molecule has 0 saturated heterocycles. The highest BCUT2D eigenvalue weighted by atomic mass is 19.4. The summed E-state index contributed by atoms with van der Waals surface area (Å²) in [5, 5.41) is 31.0. The van der Waals surface area contributed by atoms with Gasteiger partial charge in [0.25, 0.3) is 0 Å². The van der Waals surface area contributed by atoms with E-state index in [4.69, 9.17) is 5.11 Å². The van der Waals surface area contributed by atoms with E-state index in [0.29, 0.717) is 12.6 Å². The van der Waals surface area contributed by atoms with Gasteiger partial charge >= 0.3 is 12.1 Å². The molecule has 0 spiro atoms. The summed E-state index contributed by atoms with van der Waals surface area (Å²) in [5.74, 6) is -1.71. The van der Waals surface area contributed by atoms with E-state index in [0.717, 1.165) is 12.1 Å². The van der Waals surface area contributed by atoms with E-state index in [1.54, 1.807) is 7.05 Å². The van der Waals surface area contributed by atoms with Crippen LogP contribution in [0.25, 0.3) is 0 Å². The van der Waals surface area contributed by atoms with Gasteiger partial charge in [0, 0.05) is 0 Å². The third-order valence-electron chi connectivity index (χ3n) is 2.98. The van der Waals surface area contributed by atoms with Gasteiger partial charge in [0.2, 0.25) is 0 Å². The molecule has 0 heterocycles. The van der Waals surface area contributed by atoms with E-state index in [-0.39, 0.29) is 12.0 Å². The first kappa shape index (κ1) is 17.4. The van der Waals surface area contributed by atoms with E-state index in [1.165, 1.54) is 0 Å². The third kappa shape index (κ3) is 4.42. The minimum atomic E-state index is -4.86. The van der Waals surface area contributed by atoms with Crippen molar-refractivity contribution >= 4 is 5.97 Å². The van der Waals surface area contributed by atoms with E-state index in [2.05, 4.69) is 5.32 Å². The van der Waals surface area contributed by atoms with Crippen LogP contribution in [-0.2, 0) is 6.18 Å². The molecule has 4 N–H and O–H groups in total. The van der Waals surface area contributed by atoms with Crippen molar-refractivity contribution in [2.24, 2.45) is 0 Å². The molecule has 0 aliphatic rings. The van der Waals surface area contributed by atoms with Crippen molar-refractivity contribution in [3.05, 3.63) is 34.9 Å². The van der Waals surface area contributed by atoms with Gasteiger partial charge in [-0.3, -0.25) is 0 Å². The van der Waals surface area contributed by atoms with Crippen molar-refractivity contribution < 1.29 is 33.3 Å². The van der Waals surface area contributed by atoms with Crippen LogP contribution >= 0.6 is 0 Å². The number of carboxylic acid groups (broad SMARTS) is 1. The number of aromatic carboxylic acids is 1. The topological polar surface area (TPSA) is 89.8 Å². The zero-order chi connectivity index (χ0) is 16.2. The summed E-state index contributed by atoms with van der Waals surface area (Å²) in [4.78, 5) is 10.8. The Hall–Kier alpha value is -1.64. The lowest BCUT2D eigenvalue weighted by molar-refractivity contribution is -0.138. The Morgan fingerprint density at radius 2 is 1.95 bits per heavy atom. The highest BCUT2D eigenvalue weighted by Gasteiger charge is 2.36. The Labute approximate surface area is 119 Å². The van der Waals surface area contributed by atoms with E-state index in [1.807, 2.05) is 0 Å². The fraction of sp³-hybridized carbons (Fsp3) is 0.462. The molecule has 1 rings (SSSR count). The molecule has 0 radical (unpaired) electrons. The van der Waals surface area contributed by atoms with Crippen molar-refractivity contribution in [2.45, 2.75) is 24.8 Å². The zero-order valence-corrected chi connectivity index (χ0v) is 11.2. The summed E-state index contributed by atoms with van der Waals surface area (Å²) < 4.78 is 38.5. The molecule has 0 bridgehead atoms. The lowest BCUT2D eigenvalue weighted by atomic mass is 9.97. The lowest BCUT2D eigenvalue weighted by Crippen LogP contribution is -2.24. The number of benzene rings is 1. The van der Waals surface area contributed by atoms with E-state index in [9.17, 15) is 28.2 Å². The van der Waals surface area contributed by atoms with E-state index >= 15 is 0 Å². The number of aliphatic hydroxyl groups excluding tert-OH is 2. The van der Waals surface area contributed by atoms with Crippen LogP contribution in [0.3, 0.4) is 0 Å². The standard InChI is InChI=1S/C13H16F3NO4/c1-17-5-4-10(18)11(19)7-2-3-8(12(20)21)9(6-7)13(14,15)16/h2-3,6,10-11,17-19H,4-5H2,1H3,(H,20,21). The van der Waals surface area contributed by atoms with Gasteiger partial charge in [-0.05, 0) is 37.7 Å². The molecule has 1 aromatic carbocycles. The van der Waals surface area contributed by atoms with Gasteiger partial charge in [0.05, 0.1) is 17.2 Å². The van der Waals surface area contributed by atoms with Gasteiger partial charge in [-0.15, -0.1) is 0 Å². The highest BCUT2D eigenvalue weighted by molar-refractivity contribution is 5.89.